The zero-order chi connectivity index (χ0) is 13.9. The van der Waals surface area contributed by atoms with Crippen LogP contribution in [0.1, 0.15) is 37.8 Å². The highest BCUT2D eigenvalue weighted by atomic mass is 35.5. The Bertz CT molecular complexity index is 432. The molecule has 1 fully saturated rings. The van der Waals surface area contributed by atoms with Crippen molar-refractivity contribution in [1.29, 1.82) is 0 Å². The molecule has 0 aliphatic heterocycles. The monoisotopic (exact) mass is 301 g/mol. The Balaban J connectivity index is 1.87. The average molecular weight is 302 g/mol. The van der Waals surface area contributed by atoms with Crippen molar-refractivity contribution < 1.29 is 4.74 Å². The van der Waals surface area contributed by atoms with Crippen LogP contribution < -0.4 is 5.32 Å². The smallest absolute Gasteiger partial charge is 0.0595 e. The molecule has 1 atom stereocenters. The Labute approximate surface area is 125 Å². The van der Waals surface area contributed by atoms with Crippen molar-refractivity contribution in [2.24, 2.45) is 5.41 Å². The van der Waals surface area contributed by atoms with Crippen molar-refractivity contribution in [3.63, 3.8) is 0 Å². The van der Waals surface area contributed by atoms with Crippen LogP contribution in [0.3, 0.4) is 0 Å². The molecule has 1 N–H and O–H groups in total. The molecule has 1 aliphatic rings. The van der Waals surface area contributed by atoms with E-state index in [2.05, 4.69) is 12.2 Å². The second-order valence-electron chi connectivity index (χ2n) is 5.52. The fourth-order valence-corrected chi connectivity index (χ4v) is 2.59. The normalized spacial score (nSPS) is 18.3. The first-order valence-electron chi connectivity index (χ1n) is 6.74. The molecule has 0 amide bonds. The maximum Gasteiger partial charge on any atom is 0.0595 e. The lowest BCUT2D eigenvalue weighted by Gasteiger charge is -2.20. The van der Waals surface area contributed by atoms with Gasteiger partial charge in [0.1, 0.15) is 0 Å². The molecule has 19 heavy (non-hydrogen) atoms. The van der Waals surface area contributed by atoms with E-state index in [0.717, 1.165) is 19.6 Å². The second kappa shape index (κ2) is 6.45. The first-order valence-corrected chi connectivity index (χ1v) is 7.49. The summed E-state index contributed by atoms with van der Waals surface area (Å²) < 4.78 is 5.18. The summed E-state index contributed by atoms with van der Waals surface area (Å²) in [4.78, 5) is 0. The Kier molecular flexibility index (Phi) is 5.13. The van der Waals surface area contributed by atoms with Gasteiger partial charge in [-0.2, -0.15) is 0 Å². The molecule has 1 aromatic carbocycles. The summed E-state index contributed by atoms with van der Waals surface area (Å²) in [5, 5.41) is 4.83. The van der Waals surface area contributed by atoms with Crippen LogP contribution in [-0.2, 0) is 4.74 Å². The van der Waals surface area contributed by atoms with Gasteiger partial charge >= 0.3 is 0 Å². The molecule has 1 unspecified atom stereocenters. The molecule has 106 valence electrons. The molecular weight excluding hydrogens is 281 g/mol. The van der Waals surface area contributed by atoms with Crippen LogP contribution in [0.25, 0.3) is 0 Å². The van der Waals surface area contributed by atoms with Crippen molar-refractivity contribution in [3.05, 3.63) is 33.8 Å². The molecule has 0 aromatic heterocycles. The Morgan fingerprint density at radius 2 is 2.05 bits per heavy atom. The first-order chi connectivity index (χ1) is 9.06. The van der Waals surface area contributed by atoms with Gasteiger partial charge in [-0.3, -0.25) is 0 Å². The van der Waals surface area contributed by atoms with E-state index in [0.29, 0.717) is 15.5 Å². The molecule has 0 radical (unpaired) electrons. The van der Waals surface area contributed by atoms with Crippen LogP contribution in [0.2, 0.25) is 10.0 Å². The maximum absolute atomic E-state index is 6.05. The van der Waals surface area contributed by atoms with E-state index in [9.17, 15) is 0 Å². The van der Waals surface area contributed by atoms with Gasteiger partial charge in [-0.05, 0) is 49.3 Å². The molecule has 0 bridgehead atoms. The van der Waals surface area contributed by atoms with E-state index in [1.807, 2.05) is 18.2 Å². The molecular formula is C15H21Cl2NO. The van der Waals surface area contributed by atoms with E-state index < -0.39 is 0 Å². The van der Waals surface area contributed by atoms with Crippen molar-refractivity contribution in [2.45, 2.75) is 32.2 Å². The van der Waals surface area contributed by atoms with Gasteiger partial charge < -0.3 is 10.1 Å². The highest BCUT2D eigenvalue weighted by Gasteiger charge is 2.41. The minimum Gasteiger partial charge on any atom is -0.385 e. The molecule has 0 heterocycles. The fraction of sp³-hybridized carbons (Fsp3) is 0.600. The minimum absolute atomic E-state index is 0.287. The van der Waals surface area contributed by atoms with Gasteiger partial charge in [-0.15, -0.1) is 0 Å². The quantitative estimate of drug-likeness (QED) is 0.803. The molecule has 0 saturated heterocycles. The third kappa shape index (κ3) is 4.09. The highest BCUT2D eigenvalue weighted by molar-refractivity contribution is 6.42. The molecule has 2 nitrogen and oxygen atoms in total. The summed E-state index contributed by atoms with van der Waals surface area (Å²) in [5.41, 5.74) is 1.64. The average Bonchev–Trinajstić information content (AvgIpc) is 3.17. The number of hydrogen-bond acceptors (Lipinski definition) is 2. The summed E-state index contributed by atoms with van der Waals surface area (Å²) in [6, 6.07) is 6.11. The fourth-order valence-electron chi connectivity index (χ4n) is 2.28. The van der Waals surface area contributed by atoms with Crippen molar-refractivity contribution in [1.82, 2.24) is 5.32 Å². The number of halogens is 2. The van der Waals surface area contributed by atoms with Gasteiger partial charge in [0.05, 0.1) is 10.0 Å². The summed E-state index contributed by atoms with van der Waals surface area (Å²) in [5.74, 6) is 0. The topological polar surface area (TPSA) is 21.3 Å². The number of methoxy groups -OCH3 is 1. The summed E-state index contributed by atoms with van der Waals surface area (Å²) in [6.07, 6.45) is 3.75. The lowest BCUT2D eigenvalue weighted by molar-refractivity contribution is 0.170. The predicted octanol–water partition coefficient (Wildman–Crippen LogP) is 4.46. The number of benzene rings is 1. The lowest BCUT2D eigenvalue weighted by Crippen LogP contribution is -2.27. The van der Waals surface area contributed by atoms with E-state index in [4.69, 9.17) is 27.9 Å². The zero-order valence-corrected chi connectivity index (χ0v) is 13.0. The maximum atomic E-state index is 6.05. The van der Waals surface area contributed by atoms with Crippen LogP contribution in [0.5, 0.6) is 0 Å². The van der Waals surface area contributed by atoms with Gasteiger partial charge in [0.25, 0.3) is 0 Å². The number of ether oxygens (including phenoxy) is 1. The lowest BCUT2D eigenvalue weighted by atomic mass is 10.0. The Morgan fingerprint density at radius 1 is 1.32 bits per heavy atom. The van der Waals surface area contributed by atoms with E-state index in [-0.39, 0.29) is 6.04 Å². The van der Waals surface area contributed by atoms with Gasteiger partial charge in [0.15, 0.2) is 0 Å². The first kappa shape index (κ1) is 15.1. The highest BCUT2D eigenvalue weighted by Crippen LogP contribution is 2.48. The Morgan fingerprint density at radius 3 is 2.63 bits per heavy atom. The van der Waals surface area contributed by atoms with Crippen LogP contribution in [0.15, 0.2) is 18.2 Å². The van der Waals surface area contributed by atoms with E-state index in [1.165, 1.54) is 18.4 Å². The number of rotatable bonds is 7. The summed E-state index contributed by atoms with van der Waals surface area (Å²) >= 11 is 12.0. The standard InChI is InChI=1S/C15H21Cl2NO/c1-11(12-3-4-13(16)14(17)9-12)18-10-15(5-6-15)7-8-19-2/h3-4,9,11,18H,5-8,10H2,1-2H3. The summed E-state index contributed by atoms with van der Waals surface area (Å²) in [7, 11) is 1.77. The molecule has 4 heteroatoms. The van der Waals surface area contributed by atoms with Crippen molar-refractivity contribution in [3.8, 4) is 0 Å². The van der Waals surface area contributed by atoms with E-state index in [1.54, 1.807) is 7.11 Å². The largest absolute Gasteiger partial charge is 0.385 e. The predicted molar refractivity (Wildman–Crippen MR) is 81.0 cm³/mol. The summed E-state index contributed by atoms with van der Waals surface area (Å²) in [6.45, 7) is 4.05. The second-order valence-corrected chi connectivity index (χ2v) is 6.33. The van der Waals surface area contributed by atoms with Gasteiger partial charge in [-0.25, -0.2) is 0 Å². The molecule has 1 aliphatic carbocycles. The van der Waals surface area contributed by atoms with Crippen molar-refractivity contribution >= 4 is 23.2 Å². The number of nitrogens with one attached hydrogen (secondary N) is 1. The van der Waals surface area contributed by atoms with Crippen LogP contribution >= 0.6 is 23.2 Å². The molecule has 0 spiro atoms. The van der Waals surface area contributed by atoms with Gasteiger partial charge in [0.2, 0.25) is 0 Å². The van der Waals surface area contributed by atoms with E-state index >= 15 is 0 Å². The minimum atomic E-state index is 0.287. The Hall–Kier alpha value is -0.280. The number of hydrogen-bond donors (Lipinski definition) is 1. The molecule has 2 rings (SSSR count). The molecule has 1 saturated carbocycles. The van der Waals surface area contributed by atoms with Crippen LogP contribution in [-0.4, -0.2) is 20.3 Å². The van der Waals surface area contributed by atoms with Gasteiger partial charge in [-0.1, -0.05) is 29.3 Å². The van der Waals surface area contributed by atoms with Crippen LogP contribution in [0, 0.1) is 5.41 Å². The zero-order valence-electron chi connectivity index (χ0n) is 11.5. The van der Waals surface area contributed by atoms with Crippen molar-refractivity contribution in [2.75, 3.05) is 20.3 Å². The van der Waals surface area contributed by atoms with Gasteiger partial charge in [0, 0.05) is 26.3 Å². The van der Waals surface area contributed by atoms with Crippen LogP contribution in [0.4, 0.5) is 0 Å². The third-order valence-electron chi connectivity index (χ3n) is 4.02. The third-order valence-corrected chi connectivity index (χ3v) is 4.76. The SMILES string of the molecule is COCCC1(CNC(C)c2ccc(Cl)c(Cl)c2)CC1. The molecule has 1 aromatic rings.